The highest BCUT2D eigenvalue weighted by Crippen LogP contribution is 2.17. The van der Waals surface area contributed by atoms with E-state index in [1.807, 2.05) is 50.8 Å². The number of amides is 1. The SMILES string of the molecule is CCN(CC)C(=O)C(C)NCc1ccc(C)cc1Cl. The molecule has 1 aromatic rings. The van der Waals surface area contributed by atoms with E-state index < -0.39 is 0 Å². The van der Waals surface area contributed by atoms with Crippen LogP contribution in [0.3, 0.4) is 0 Å². The first-order chi connectivity index (χ1) is 8.99. The molecule has 0 heterocycles. The third-order valence-electron chi connectivity index (χ3n) is 3.25. The summed E-state index contributed by atoms with van der Waals surface area (Å²) in [5.74, 6) is 0.133. The Morgan fingerprint density at radius 1 is 1.37 bits per heavy atom. The fraction of sp³-hybridized carbons (Fsp3) is 0.533. The summed E-state index contributed by atoms with van der Waals surface area (Å²) < 4.78 is 0. The number of rotatable bonds is 6. The van der Waals surface area contributed by atoms with Crippen molar-refractivity contribution in [1.29, 1.82) is 0 Å². The summed E-state index contributed by atoms with van der Waals surface area (Å²) in [4.78, 5) is 13.9. The Balaban J connectivity index is 2.58. The van der Waals surface area contributed by atoms with E-state index in [0.29, 0.717) is 6.54 Å². The van der Waals surface area contributed by atoms with Crippen LogP contribution in [0.2, 0.25) is 5.02 Å². The standard InChI is InChI=1S/C15H23ClN2O/c1-5-18(6-2)15(19)12(4)17-10-13-8-7-11(3)9-14(13)16/h7-9,12,17H,5-6,10H2,1-4H3. The van der Waals surface area contributed by atoms with Crippen molar-refractivity contribution in [3.05, 3.63) is 34.3 Å². The molecule has 106 valence electrons. The number of halogens is 1. The Morgan fingerprint density at radius 2 is 2.00 bits per heavy atom. The van der Waals surface area contributed by atoms with Gasteiger partial charge < -0.3 is 10.2 Å². The van der Waals surface area contributed by atoms with Crippen molar-refractivity contribution in [3.8, 4) is 0 Å². The Morgan fingerprint density at radius 3 is 2.53 bits per heavy atom. The van der Waals surface area contributed by atoms with Gasteiger partial charge in [0.05, 0.1) is 6.04 Å². The average Bonchev–Trinajstić information content (AvgIpc) is 2.38. The van der Waals surface area contributed by atoms with E-state index in [0.717, 1.165) is 29.2 Å². The van der Waals surface area contributed by atoms with Gasteiger partial charge in [0.2, 0.25) is 5.91 Å². The number of nitrogens with zero attached hydrogens (tertiary/aromatic N) is 1. The molecule has 0 saturated heterocycles. The topological polar surface area (TPSA) is 32.3 Å². The van der Waals surface area contributed by atoms with Crippen LogP contribution >= 0.6 is 11.6 Å². The maximum atomic E-state index is 12.1. The lowest BCUT2D eigenvalue weighted by molar-refractivity contribution is -0.132. The molecule has 1 aromatic carbocycles. The molecule has 1 rings (SSSR count). The lowest BCUT2D eigenvalue weighted by Crippen LogP contribution is -2.44. The number of nitrogens with one attached hydrogen (secondary N) is 1. The first-order valence-electron chi connectivity index (χ1n) is 6.76. The van der Waals surface area contributed by atoms with Gasteiger partial charge in [0.1, 0.15) is 0 Å². The fourth-order valence-electron chi connectivity index (χ4n) is 1.96. The van der Waals surface area contributed by atoms with E-state index in [1.54, 1.807) is 0 Å². The maximum absolute atomic E-state index is 12.1. The Kier molecular flexibility index (Phi) is 6.32. The number of carbonyl (C=O) groups excluding carboxylic acids is 1. The van der Waals surface area contributed by atoms with Crippen molar-refractivity contribution >= 4 is 17.5 Å². The van der Waals surface area contributed by atoms with Crippen molar-refractivity contribution in [1.82, 2.24) is 10.2 Å². The predicted molar refractivity (Wildman–Crippen MR) is 80.4 cm³/mol. The van der Waals surface area contributed by atoms with Gasteiger partial charge in [-0.2, -0.15) is 0 Å². The zero-order valence-corrected chi connectivity index (χ0v) is 12.9. The minimum atomic E-state index is -0.197. The highest BCUT2D eigenvalue weighted by molar-refractivity contribution is 6.31. The monoisotopic (exact) mass is 282 g/mol. The van der Waals surface area contributed by atoms with E-state index >= 15 is 0 Å². The summed E-state index contributed by atoms with van der Waals surface area (Å²) in [6.07, 6.45) is 0. The van der Waals surface area contributed by atoms with Gasteiger partial charge in [0.15, 0.2) is 0 Å². The number of aryl methyl sites for hydroxylation is 1. The van der Waals surface area contributed by atoms with Crippen molar-refractivity contribution in [2.24, 2.45) is 0 Å². The number of likely N-dealkylation sites (N-methyl/N-ethyl adjacent to an activating group) is 1. The molecule has 1 amide bonds. The van der Waals surface area contributed by atoms with E-state index in [9.17, 15) is 4.79 Å². The fourth-order valence-corrected chi connectivity index (χ4v) is 2.26. The second kappa shape index (κ2) is 7.51. The molecule has 0 spiro atoms. The van der Waals surface area contributed by atoms with Crippen LogP contribution in [0.4, 0.5) is 0 Å². The predicted octanol–water partition coefficient (Wildman–Crippen LogP) is 2.99. The van der Waals surface area contributed by atoms with Gasteiger partial charge in [-0.25, -0.2) is 0 Å². The quantitative estimate of drug-likeness (QED) is 0.870. The van der Waals surface area contributed by atoms with Crippen molar-refractivity contribution in [3.63, 3.8) is 0 Å². The maximum Gasteiger partial charge on any atom is 0.239 e. The first-order valence-corrected chi connectivity index (χ1v) is 7.14. The second-order valence-electron chi connectivity index (χ2n) is 4.71. The summed E-state index contributed by atoms with van der Waals surface area (Å²) in [7, 11) is 0. The molecule has 0 aliphatic carbocycles. The molecule has 0 radical (unpaired) electrons. The van der Waals surface area contributed by atoms with Crippen LogP contribution in [0.15, 0.2) is 18.2 Å². The van der Waals surface area contributed by atoms with Crippen LogP contribution in [0, 0.1) is 6.92 Å². The second-order valence-corrected chi connectivity index (χ2v) is 5.12. The molecule has 4 heteroatoms. The molecule has 0 fully saturated rings. The van der Waals surface area contributed by atoms with Crippen LogP contribution < -0.4 is 5.32 Å². The number of carbonyl (C=O) groups is 1. The number of benzene rings is 1. The molecule has 0 aliphatic rings. The van der Waals surface area contributed by atoms with Gasteiger partial charge in [0.25, 0.3) is 0 Å². The molecular weight excluding hydrogens is 260 g/mol. The lowest BCUT2D eigenvalue weighted by Gasteiger charge is -2.23. The summed E-state index contributed by atoms with van der Waals surface area (Å²) in [5, 5.41) is 3.98. The molecule has 0 aromatic heterocycles. The van der Waals surface area contributed by atoms with Crippen LogP contribution in [0.25, 0.3) is 0 Å². The molecule has 1 unspecified atom stereocenters. The number of hydrogen-bond acceptors (Lipinski definition) is 2. The highest BCUT2D eigenvalue weighted by atomic mass is 35.5. The molecule has 19 heavy (non-hydrogen) atoms. The van der Waals surface area contributed by atoms with Crippen molar-refractivity contribution in [2.45, 2.75) is 40.3 Å². The van der Waals surface area contributed by atoms with Gasteiger partial charge in [-0.15, -0.1) is 0 Å². The van der Waals surface area contributed by atoms with Gasteiger partial charge in [-0.3, -0.25) is 4.79 Å². The summed E-state index contributed by atoms with van der Waals surface area (Å²) in [6, 6.07) is 5.77. The zero-order valence-electron chi connectivity index (χ0n) is 12.2. The number of hydrogen-bond donors (Lipinski definition) is 1. The minimum Gasteiger partial charge on any atom is -0.342 e. The van der Waals surface area contributed by atoms with Crippen molar-refractivity contribution < 1.29 is 4.79 Å². The molecule has 0 aliphatic heterocycles. The summed E-state index contributed by atoms with van der Waals surface area (Å²) >= 11 is 6.17. The smallest absolute Gasteiger partial charge is 0.239 e. The Bertz CT molecular complexity index is 430. The van der Waals surface area contributed by atoms with E-state index in [1.165, 1.54) is 0 Å². The Hall–Kier alpha value is -1.06. The van der Waals surface area contributed by atoms with E-state index in [4.69, 9.17) is 11.6 Å². The van der Waals surface area contributed by atoms with Gasteiger partial charge in [-0.1, -0.05) is 23.7 Å². The summed E-state index contributed by atoms with van der Waals surface area (Å²) in [5.41, 5.74) is 2.16. The highest BCUT2D eigenvalue weighted by Gasteiger charge is 2.17. The van der Waals surface area contributed by atoms with E-state index in [2.05, 4.69) is 5.32 Å². The van der Waals surface area contributed by atoms with Gasteiger partial charge in [0, 0.05) is 24.7 Å². The van der Waals surface area contributed by atoms with Crippen molar-refractivity contribution in [2.75, 3.05) is 13.1 Å². The summed E-state index contributed by atoms with van der Waals surface area (Å²) in [6.45, 7) is 9.97. The molecule has 0 saturated carbocycles. The van der Waals surface area contributed by atoms with Gasteiger partial charge >= 0.3 is 0 Å². The minimum absolute atomic E-state index is 0.133. The molecular formula is C15H23ClN2O. The third-order valence-corrected chi connectivity index (χ3v) is 3.60. The van der Waals surface area contributed by atoms with Crippen LogP contribution in [0.1, 0.15) is 31.9 Å². The van der Waals surface area contributed by atoms with Crippen LogP contribution in [-0.4, -0.2) is 29.9 Å². The van der Waals surface area contributed by atoms with E-state index in [-0.39, 0.29) is 11.9 Å². The molecule has 1 N–H and O–H groups in total. The lowest BCUT2D eigenvalue weighted by atomic mass is 10.1. The van der Waals surface area contributed by atoms with Gasteiger partial charge in [-0.05, 0) is 44.9 Å². The van der Waals surface area contributed by atoms with Crippen LogP contribution in [0.5, 0.6) is 0 Å². The Labute approximate surface area is 120 Å². The molecule has 1 atom stereocenters. The first kappa shape index (κ1) is 16.0. The molecule has 3 nitrogen and oxygen atoms in total. The normalized spacial score (nSPS) is 12.3. The third kappa shape index (κ3) is 4.51. The largest absolute Gasteiger partial charge is 0.342 e. The van der Waals surface area contributed by atoms with Crippen LogP contribution in [-0.2, 0) is 11.3 Å². The molecule has 0 bridgehead atoms. The average molecular weight is 283 g/mol. The zero-order chi connectivity index (χ0) is 14.4.